The summed E-state index contributed by atoms with van der Waals surface area (Å²) in [4.78, 5) is 17.8. The van der Waals surface area contributed by atoms with Crippen molar-refractivity contribution in [2.24, 2.45) is 4.99 Å². The summed E-state index contributed by atoms with van der Waals surface area (Å²) in [6.45, 7) is -1.74. The Labute approximate surface area is 186 Å². The Hall–Kier alpha value is -2.43. The molecule has 0 spiro atoms. The highest BCUT2D eigenvalue weighted by molar-refractivity contribution is 14.0. The van der Waals surface area contributed by atoms with Crippen molar-refractivity contribution in [2.75, 3.05) is 21.1 Å². The van der Waals surface area contributed by atoms with Crippen LogP contribution in [-0.2, 0) is 13.1 Å². The summed E-state index contributed by atoms with van der Waals surface area (Å²) < 4.78 is 28.8. The SMILES string of the molecule is CN=C(NCc1ccc(C(=O)NC)cc1)N(C)Cc1ccc(OC(F)F)cc1.I. The molecule has 6 nitrogen and oxygen atoms in total. The van der Waals surface area contributed by atoms with Crippen LogP contribution in [0.25, 0.3) is 0 Å². The van der Waals surface area contributed by atoms with Gasteiger partial charge >= 0.3 is 6.61 Å². The van der Waals surface area contributed by atoms with Crippen molar-refractivity contribution < 1.29 is 18.3 Å². The molecule has 2 N–H and O–H groups in total. The van der Waals surface area contributed by atoms with Gasteiger partial charge in [0.25, 0.3) is 5.91 Å². The lowest BCUT2D eigenvalue weighted by atomic mass is 10.1. The molecule has 1 amide bonds. The molecule has 0 aromatic heterocycles. The van der Waals surface area contributed by atoms with Crippen LogP contribution >= 0.6 is 24.0 Å². The minimum atomic E-state index is -2.83. The Kier molecular flexibility index (Phi) is 10.4. The second kappa shape index (κ2) is 12.2. The highest BCUT2D eigenvalue weighted by Gasteiger charge is 2.09. The van der Waals surface area contributed by atoms with Gasteiger partial charge in [-0.05, 0) is 35.4 Å². The van der Waals surface area contributed by atoms with E-state index in [1.54, 1.807) is 38.4 Å². The van der Waals surface area contributed by atoms with E-state index in [0.717, 1.165) is 11.1 Å². The second-order valence-electron chi connectivity index (χ2n) is 6.06. The molecule has 0 aliphatic carbocycles. The minimum Gasteiger partial charge on any atom is -0.435 e. The Bertz CT molecular complexity index is 799. The van der Waals surface area contributed by atoms with E-state index in [4.69, 9.17) is 0 Å². The van der Waals surface area contributed by atoms with E-state index in [1.807, 2.05) is 24.1 Å². The van der Waals surface area contributed by atoms with Crippen molar-refractivity contribution in [1.82, 2.24) is 15.5 Å². The number of aliphatic imine (C=N–C) groups is 1. The number of hydrogen-bond acceptors (Lipinski definition) is 3. The number of nitrogens with one attached hydrogen (secondary N) is 2. The van der Waals surface area contributed by atoms with Gasteiger partial charge in [0.2, 0.25) is 0 Å². The fourth-order valence-electron chi connectivity index (χ4n) is 2.61. The van der Waals surface area contributed by atoms with Crippen LogP contribution in [0.5, 0.6) is 5.75 Å². The molecule has 0 saturated carbocycles. The number of halogens is 3. The van der Waals surface area contributed by atoms with Crippen LogP contribution in [0.1, 0.15) is 21.5 Å². The summed E-state index contributed by atoms with van der Waals surface area (Å²) in [6.07, 6.45) is 0. The maximum Gasteiger partial charge on any atom is 0.387 e. The topological polar surface area (TPSA) is 66.0 Å². The summed E-state index contributed by atoms with van der Waals surface area (Å²) in [6, 6.07) is 13.8. The highest BCUT2D eigenvalue weighted by Crippen LogP contribution is 2.15. The Morgan fingerprint density at radius 2 is 1.69 bits per heavy atom. The predicted molar refractivity (Wildman–Crippen MR) is 120 cm³/mol. The van der Waals surface area contributed by atoms with Crippen LogP contribution in [0.3, 0.4) is 0 Å². The number of amides is 1. The molecular formula is C20H25F2IN4O2. The summed E-state index contributed by atoms with van der Waals surface area (Å²) in [5.74, 6) is 0.687. The quantitative estimate of drug-likeness (QED) is 0.335. The molecular weight excluding hydrogens is 493 g/mol. The number of alkyl halides is 2. The van der Waals surface area contributed by atoms with Crippen LogP contribution in [0.15, 0.2) is 53.5 Å². The number of carbonyl (C=O) groups excluding carboxylic acids is 1. The molecule has 2 aromatic rings. The molecule has 0 radical (unpaired) electrons. The molecule has 9 heteroatoms. The van der Waals surface area contributed by atoms with Gasteiger partial charge in [0.05, 0.1) is 0 Å². The van der Waals surface area contributed by atoms with E-state index in [0.29, 0.717) is 24.6 Å². The Morgan fingerprint density at radius 3 is 2.21 bits per heavy atom. The van der Waals surface area contributed by atoms with E-state index >= 15 is 0 Å². The zero-order valence-electron chi connectivity index (χ0n) is 16.5. The molecule has 0 aliphatic heterocycles. The monoisotopic (exact) mass is 518 g/mol. The molecule has 158 valence electrons. The van der Waals surface area contributed by atoms with Crippen LogP contribution in [0.2, 0.25) is 0 Å². The van der Waals surface area contributed by atoms with E-state index in [9.17, 15) is 13.6 Å². The fourth-order valence-corrected chi connectivity index (χ4v) is 2.61. The molecule has 0 saturated heterocycles. The van der Waals surface area contributed by atoms with E-state index in [2.05, 4.69) is 20.4 Å². The maximum absolute atomic E-state index is 12.2. The van der Waals surface area contributed by atoms with Gasteiger partial charge in [0, 0.05) is 39.8 Å². The normalized spacial score (nSPS) is 10.9. The lowest BCUT2D eigenvalue weighted by Crippen LogP contribution is -2.38. The van der Waals surface area contributed by atoms with Crippen LogP contribution in [0.4, 0.5) is 8.78 Å². The van der Waals surface area contributed by atoms with Gasteiger partial charge in [-0.15, -0.1) is 24.0 Å². The number of nitrogens with zero attached hydrogens (tertiary/aromatic N) is 2. The van der Waals surface area contributed by atoms with Crippen molar-refractivity contribution in [3.05, 3.63) is 65.2 Å². The lowest BCUT2D eigenvalue weighted by Gasteiger charge is -2.22. The van der Waals surface area contributed by atoms with Crippen LogP contribution in [0, 0.1) is 0 Å². The first-order valence-electron chi connectivity index (χ1n) is 8.69. The van der Waals surface area contributed by atoms with Gasteiger partial charge in [0.1, 0.15) is 5.75 Å². The summed E-state index contributed by atoms with van der Waals surface area (Å²) in [5.41, 5.74) is 2.55. The minimum absolute atomic E-state index is 0. The first-order chi connectivity index (χ1) is 13.4. The van der Waals surface area contributed by atoms with Gasteiger partial charge in [-0.2, -0.15) is 8.78 Å². The van der Waals surface area contributed by atoms with Gasteiger partial charge in [-0.1, -0.05) is 24.3 Å². The van der Waals surface area contributed by atoms with E-state index in [-0.39, 0.29) is 35.6 Å². The van der Waals surface area contributed by atoms with Crippen molar-refractivity contribution in [2.45, 2.75) is 19.7 Å². The van der Waals surface area contributed by atoms with Crippen molar-refractivity contribution >= 4 is 35.8 Å². The third-order valence-corrected chi connectivity index (χ3v) is 4.04. The number of carbonyl (C=O) groups is 1. The highest BCUT2D eigenvalue weighted by atomic mass is 127. The molecule has 0 bridgehead atoms. The third-order valence-electron chi connectivity index (χ3n) is 4.04. The molecule has 0 atom stereocenters. The summed E-state index contributed by atoms with van der Waals surface area (Å²) in [7, 11) is 5.16. The number of benzene rings is 2. The summed E-state index contributed by atoms with van der Waals surface area (Å²) in [5, 5.41) is 5.84. The van der Waals surface area contributed by atoms with E-state index in [1.165, 1.54) is 12.1 Å². The molecule has 29 heavy (non-hydrogen) atoms. The zero-order chi connectivity index (χ0) is 20.5. The average molecular weight is 518 g/mol. The number of rotatable bonds is 7. The lowest BCUT2D eigenvalue weighted by molar-refractivity contribution is -0.0498. The van der Waals surface area contributed by atoms with Crippen molar-refractivity contribution in [1.29, 1.82) is 0 Å². The molecule has 0 heterocycles. The largest absolute Gasteiger partial charge is 0.435 e. The van der Waals surface area contributed by atoms with Crippen molar-refractivity contribution in [3.63, 3.8) is 0 Å². The molecule has 2 aromatic carbocycles. The van der Waals surface area contributed by atoms with Gasteiger partial charge < -0.3 is 20.3 Å². The first-order valence-corrected chi connectivity index (χ1v) is 8.69. The smallest absolute Gasteiger partial charge is 0.387 e. The number of guanidine groups is 1. The van der Waals surface area contributed by atoms with E-state index < -0.39 is 6.61 Å². The molecule has 0 aliphatic rings. The van der Waals surface area contributed by atoms with Crippen LogP contribution < -0.4 is 15.4 Å². The zero-order valence-corrected chi connectivity index (χ0v) is 18.8. The Balaban J connectivity index is 0.00000420. The van der Waals surface area contributed by atoms with Crippen molar-refractivity contribution in [3.8, 4) is 5.75 Å². The molecule has 0 unspecified atom stereocenters. The fraction of sp³-hybridized carbons (Fsp3) is 0.300. The Morgan fingerprint density at radius 1 is 1.10 bits per heavy atom. The van der Waals surface area contributed by atoms with Gasteiger partial charge in [-0.3, -0.25) is 9.79 Å². The maximum atomic E-state index is 12.2. The van der Waals surface area contributed by atoms with Crippen LogP contribution in [-0.4, -0.2) is 44.5 Å². The van der Waals surface area contributed by atoms with Gasteiger partial charge in [-0.25, -0.2) is 0 Å². The number of hydrogen-bond donors (Lipinski definition) is 2. The summed E-state index contributed by atoms with van der Waals surface area (Å²) >= 11 is 0. The third kappa shape index (κ3) is 7.84. The second-order valence-corrected chi connectivity index (χ2v) is 6.06. The standard InChI is InChI=1S/C20H24F2N4O2.HI/c1-23-18(27)16-8-4-14(5-9-16)12-25-20(24-2)26(3)13-15-6-10-17(11-7-15)28-19(21)22;/h4-11,19H,12-13H2,1-3H3,(H,23,27)(H,24,25);1H. The van der Waals surface area contributed by atoms with Gasteiger partial charge in [0.15, 0.2) is 5.96 Å². The predicted octanol–water partition coefficient (Wildman–Crippen LogP) is 3.47. The first kappa shape index (κ1) is 24.6. The average Bonchev–Trinajstić information content (AvgIpc) is 2.69. The molecule has 0 fully saturated rings. The number of ether oxygens (including phenoxy) is 1. The molecule has 2 rings (SSSR count).